The third-order valence-corrected chi connectivity index (χ3v) is 1.87. The van der Waals surface area contributed by atoms with Gasteiger partial charge in [0.1, 0.15) is 0 Å². The zero-order valence-electron chi connectivity index (χ0n) is 7.92. The molecule has 1 rings (SSSR count). The summed E-state index contributed by atoms with van der Waals surface area (Å²) in [6, 6.07) is 3.95. The highest BCUT2D eigenvalue weighted by Crippen LogP contribution is 2.12. The molecule has 1 aromatic heterocycles. The third kappa shape index (κ3) is 1.97. The second kappa shape index (κ2) is 4.10. The molecule has 0 saturated carbocycles. The van der Waals surface area contributed by atoms with Crippen LogP contribution in [0.3, 0.4) is 0 Å². The number of methoxy groups -OCH3 is 1. The molecule has 2 nitrogen and oxygen atoms in total. The number of hydrogen-bond donors (Lipinski definition) is 0. The monoisotopic (exact) mass is 165 g/mol. The molecule has 12 heavy (non-hydrogen) atoms. The molecule has 0 aliphatic rings. The number of hydrogen-bond acceptors (Lipinski definition) is 2. The van der Waals surface area contributed by atoms with Crippen LogP contribution in [-0.2, 0) is 6.42 Å². The highest BCUT2D eigenvalue weighted by atomic mass is 16.5. The molecule has 0 fully saturated rings. The fourth-order valence-electron chi connectivity index (χ4n) is 1.15. The Morgan fingerprint density at radius 3 is 2.75 bits per heavy atom. The number of aryl methyl sites for hydroxylation is 2. The molecular formula is C10H15NO. The highest BCUT2D eigenvalue weighted by Gasteiger charge is 2.00. The number of aromatic nitrogens is 1. The SMILES string of the molecule is CCCc1nc(OC)ccc1C. The molecule has 0 radical (unpaired) electrons. The van der Waals surface area contributed by atoms with E-state index in [0.717, 1.165) is 18.5 Å². The molecule has 0 aromatic carbocycles. The maximum absolute atomic E-state index is 5.05. The molecule has 1 aromatic rings. The van der Waals surface area contributed by atoms with Crippen molar-refractivity contribution in [1.82, 2.24) is 4.98 Å². The van der Waals surface area contributed by atoms with Gasteiger partial charge in [-0.3, -0.25) is 0 Å². The van der Waals surface area contributed by atoms with Gasteiger partial charge in [0.25, 0.3) is 0 Å². The van der Waals surface area contributed by atoms with E-state index >= 15 is 0 Å². The maximum Gasteiger partial charge on any atom is 0.213 e. The van der Waals surface area contributed by atoms with Crippen LogP contribution in [0.15, 0.2) is 12.1 Å². The van der Waals surface area contributed by atoms with Crippen molar-refractivity contribution < 1.29 is 4.74 Å². The van der Waals surface area contributed by atoms with Crippen LogP contribution in [0.4, 0.5) is 0 Å². The standard InChI is InChI=1S/C10H15NO/c1-4-5-9-8(2)6-7-10(11-9)12-3/h6-7H,4-5H2,1-3H3. The van der Waals surface area contributed by atoms with E-state index in [4.69, 9.17) is 4.74 Å². The number of pyridine rings is 1. The Kier molecular flexibility index (Phi) is 3.09. The predicted molar refractivity (Wildman–Crippen MR) is 49.5 cm³/mol. The van der Waals surface area contributed by atoms with E-state index in [1.807, 2.05) is 6.07 Å². The largest absolute Gasteiger partial charge is 0.481 e. The molecule has 1 heterocycles. The lowest BCUT2D eigenvalue weighted by Crippen LogP contribution is -1.96. The predicted octanol–water partition coefficient (Wildman–Crippen LogP) is 2.35. The smallest absolute Gasteiger partial charge is 0.213 e. The Morgan fingerprint density at radius 2 is 2.17 bits per heavy atom. The van der Waals surface area contributed by atoms with Gasteiger partial charge in [-0.25, -0.2) is 4.98 Å². The van der Waals surface area contributed by atoms with Gasteiger partial charge in [-0.05, 0) is 18.9 Å². The Bertz CT molecular complexity index is 258. The molecule has 0 spiro atoms. The minimum absolute atomic E-state index is 0.712. The summed E-state index contributed by atoms with van der Waals surface area (Å²) in [4.78, 5) is 4.36. The fraction of sp³-hybridized carbons (Fsp3) is 0.500. The van der Waals surface area contributed by atoms with Crippen molar-refractivity contribution >= 4 is 0 Å². The van der Waals surface area contributed by atoms with Gasteiger partial charge in [0.2, 0.25) is 5.88 Å². The molecule has 0 aliphatic heterocycles. The first kappa shape index (κ1) is 9.04. The summed E-state index contributed by atoms with van der Waals surface area (Å²) in [7, 11) is 1.65. The summed E-state index contributed by atoms with van der Waals surface area (Å²) < 4.78 is 5.05. The van der Waals surface area contributed by atoms with Gasteiger partial charge in [0.15, 0.2) is 0 Å². The Hall–Kier alpha value is -1.05. The first-order valence-corrected chi connectivity index (χ1v) is 4.28. The molecule has 0 bridgehead atoms. The van der Waals surface area contributed by atoms with Gasteiger partial charge in [-0.1, -0.05) is 19.4 Å². The molecule has 0 aliphatic carbocycles. The lowest BCUT2D eigenvalue weighted by atomic mass is 10.1. The normalized spacial score (nSPS) is 9.92. The molecule has 0 N–H and O–H groups in total. The van der Waals surface area contributed by atoms with E-state index in [1.165, 1.54) is 5.56 Å². The molecule has 0 amide bonds. The van der Waals surface area contributed by atoms with Gasteiger partial charge in [-0.2, -0.15) is 0 Å². The van der Waals surface area contributed by atoms with E-state index in [9.17, 15) is 0 Å². The topological polar surface area (TPSA) is 22.1 Å². The van der Waals surface area contributed by atoms with Gasteiger partial charge >= 0.3 is 0 Å². The second-order valence-electron chi connectivity index (χ2n) is 2.87. The van der Waals surface area contributed by atoms with Gasteiger partial charge in [0, 0.05) is 11.8 Å². The average molecular weight is 165 g/mol. The van der Waals surface area contributed by atoms with E-state index < -0.39 is 0 Å². The first-order chi connectivity index (χ1) is 5.77. The number of nitrogens with zero attached hydrogens (tertiary/aromatic N) is 1. The summed E-state index contributed by atoms with van der Waals surface area (Å²) in [5.74, 6) is 0.712. The van der Waals surface area contributed by atoms with Crippen LogP contribution < -0.4 is 4.74 Å². The van der Waals surface area contributed by atoms with Crippen molar-refractivity contribution in [3.05, 3.63) is 23.4 Å². The lowest BCUT2D eigenvalue weighted by Gasteiger charge is -2.05. The lowest BCUT2D eigenvalue weighted by molar-refractivity contribution is 0.396. The third-order valence-electron chi connectivity index (χ3n) is 1.87. The van der Waals surface area contributed by atoms with Crippen LogP contribution in [0, 0.1) is 6.92 Å². The molecule has 0 unspecified atom stereocenters. The Labute approximate surface area is 73.6 Å². The minimum atomic E-state index is 0.712. The van der Waals surface area contributed by atoms with Crippen LogP contribution in [0.2, 0.25) is 0 Å². The second-order valence-corrected chi connectivity index (χ2v) is 2.87. The van der Waals surface area contributed by atoms with Gasteiger partial charge in [-0.15, -0.1) is 0 Å². The van der Waals surface area contributed by atoms with Crippen LogP contribution in [0.5, 0.6) is 5.88 Å². The summed E-state index contributed by atoms with van der Waals surface area (Å²) in [6.07, 6.45) is 2.16. The van der Waals surface area contributed by atoms with E-state index in [2.05, 4.69) is 24.9 Å². The summed E-state index contributed by atoms with van der Waals surface area (Å²) in [5, 5.41) is 0. The van der Waals surface area contributed by atoms with Crippen molar-refractivity contribution in [3.8, 4) is 5.88 Å². The zero-order valence-corrected chi connectivity index (χ0v) is 7.92. The molecule has 66 valence electrons. The fourth-order valence-corrected chi connectivity index (χ4v) is 1.15. The van der Waals surface area contributed by atoms with Crippen molar-refractivity contribution in [1.29, 1.82) is 0 Å². The van der Waals surface area contributed by atoms with E-state index in [0.29, 0.717) is 5.88 Å². The zero-order chi connectivity index (χ0) is 8.97. The van der Waals surface area contributed by atoms with Crippen LogP contribution >= 0.6 is 0 Å². The number of rotatable bonds is 3. The minimum Gasteiger partial charge on any atom is -0.481 e. The molecule has 2 heteroatoms. The summed E-state index contributed by atoms with van der Waals surface area (Å²) in [5.41, 5.74) is 2.40. The molecule has 0 saturated heterocycles. The van der Waals surface area contributed by atoms with Crippen molar-refractivity contribution in [2.24, 2.45) is 0 Å². The van der Waals surface area contributed by atoms with Crippen molar-refractivity contribution in [2.75, 3.05) is 7.11 Å². The molecular weight excluding hydrogens is 150 g/mol. The highest BCUT2D eigenvalue weighted by molar-refractivity contribution is 5.24. The van der Waals surface area contributed by atoms with Crippen molar-refractivity contribution in [3.63, 3.8) is 0 Å². The van der Waals surface area contributed by atoms with E-state index in [1.54, 1.807) is 7.11 Å². The van der Waals surface area contributed by atoms with E-state index in [-0.39, 0.29) is 0 Å². The Morgan fingerprint density at radius 1 is 1.42 bits per heavy atom. The van der Waals surface area contributed by atoms with Crippen LogP contribution in [-0.4, -0.2) is 12.1 Å². The van der Waals surface area contributed by atoms with Gasteiger partial charge in [0.05, 0.1) is 7.11 Å². The van der Waals surface area contributed by atoms with Crippen LogP contribution in [0.25, 0.3) is 0 Å². The maximum atomic E-state index is 5.05. The van der Waals surface area contributed by atoms with Gasteiger partial charge < -0.3 is 4.74 Å². The number of ether oxygens (including phenoxy) is 1. The quantitative estimate of drug-likeness (QED) is 0.686. The van der Waals surface area contributed by atoms with Crippen molar-refractivity contribution in [2.45, 2.75) is 26.7 Å². The summed E-state index contributed by atoms with van der Waals surface area (Å²) in [6.45, 7) is 4.23. The van der Waals surface area contributed by atoms with Crippen LogP contribution in [0.1, 0.15) is 24.6 Å². The first-order valence-electron chi connectivity index (χ1n) is 4.28. The average Bonchev–Trinajstić information content (AvgIpc) is 2.09. The Balaban J connectivity index is 2.91. The molecule has 0 atom stereocenters. The summed E-state index contributed by atoms with van der Waals surface area (Å²) >= 11 is 0.